The first-order valence-electron chi connectivity index (χ1n) is 5.15. The van der Waals surface area contributed by atoms with Crippen molar-refractivity contribution in [3.05, 3.63) is 44.2 Å². The van der Waals surface area contributed by atoms with Crippen LogP contribution in [-0.2, 0) is 13.7 Å². The Bertz CT molecular complexity index is 539. The van der Waals surface area contributed by atoms with E-state index < -0.39 is 0 Å². The van der Waals surface area contributed by atoms with Crippen LogP contribution in [-0.4, -0.2) is 9.78 Å². The van der Waals surface area contributed by atoms with Crippen molar-refractivity contribution in [2.45, 2.75) is 13.5 Å². The minimum absolute atomic E-state index is 0.443. The number of aromatic nitrogens is 2. The van der Waals surface area contributed by atoms with Gasteiger partial charge in [-0.15, -0.1) is 0 Å². The Hall–Kier alpha value is -0.750. The molecule has 17 heavy (non-hydrogen) atoms. The number of aryl methyl sites for hydroxylation is 2. The third-order valence-electron chi connectivity index (χ3n) is 2.48. The Labute approximate surface area is 119 Å². The van der Waals surface area contributed by atoms with Gasteiger partial charge in [-0.05, 0) is 41.6 Å². The number of hydrogen-bond acceptors (Lipinski definition) is 2. The zero-order valence-electron chi connectivity index (χ0n) is 9.58. The fourth-order valence-corrected chi connectivity index (χ4v) is 2.32. The van der Waals surface area contributed by atoms with E-state index in [1.165, 1.54) is 0 Å². The average molecular weight is 363 g/mol. The van der Waals surface area contributed by atoms with E-state index in [2.05, 4.69) is 27.7 Å². The lowest BCUT2D eigenvalue weighted by atomic mass is 10.3. The summed E-state index contributed by atoms with van der Waals surface area (Å²) in [7, 11) is 1.82. The van der Waals surface area contributed by atoms with Crippen LogP contribution in [0.2, 0.25) is 5.15 Å². The lowest BCUT2D eigenvalue weighted by Gasteiger charge is -2.07. The molecule has 0 spiro atoms. The highest BCUT2D eigenvalue weighted by Gasteiger charge is 2.12. The van der Waals surface area contributed by atoms with E-state index in [4.69, 9.17) is 16.3 Å². The van der Waals surface area contributed by atoms with Crippen molar-refractivity contribution in [2.24, 2.45) is 7.05 Å². The first-order valence-corrected chi connectivity index (χ1v) is 6.60. The van der Waals surface area contributed by atoms with Crippen LogP contribution in [0.1, 0.15) is 11.3 Å². The van der Waals surface area contributed by atoms with Gasteiger partial charge in [0, 0.05) is 12.6 Å². The second-order valence-electron chi connectivity index (χ2n) is 3.70. The molecule has 5 heteroatoms. The zero-order valence-corrected chi connectivity index (χ0v) is 12.5. The molecule has 0 saturated heterocycles. The van der Waals surface area contributed by atoms with Gasteiger partial charge in [-0.25, -0.2) is 0 Å². The number of halogens is 2. The summed E-state index contributed by atoms with van der Waals surface area (Å²) in [5.41, 5.74) is 1.84. The van der Waals surface area contributed by atoms with Gasteiger partial charge >= 0.3 is 0 Å². The summed E-state index contributed by atoms with van der Waals surface area (Å²) in [5.74, 6) is 0.868. The van der Waals surface area contributed by atoms with Gasteiger partial charge in [0.25, 0.3) is 0 Å². The molecule has 0 saturated carbocycles. The molecular formula is C12H12ClIN2O. The standard InChI is InChI=1S/C12H12ClIN2O/c1-8-9(12(13)16(2)15-8)7-17-11-6-4-3-5-10(11)14/h3-6H,7H2,1-2H3. The molecule has 0 amide bonds. The normalized spacial score (nSPS) is 10.6. The molecule has 1 aromatic carbocycles. The second kappa shape index (κ2) is 5.27. The summed E-state index contributed by atoms with van der Waals surface area (Å²) in [6.45, 7) is 2.37. The topological polar surface area (TPSA) is 27.1 Å². The molecule has 0 radical (unpaired) electrons. The van der Waals surface area contributed by atoms with Crippen molar-refractivity contribution in [1.29, 1.82) is 0 Å². The second-order valence-corrected chi connectivity index (χ2v) is 5.22. The first kappa shape index (κ1) is 12.7. The minimum atomic E-state index is 0.443. The molecule has 2 aromatic rings. The average Bonchev–Trinajstić information content (AvgIpc) is 2.53. The Kier molecular flexibility index (Phi) is 3.93. The van der Waals surface area contributed by atoms with Crippen LogP contribution in [0.4, 0.5) is 0 Å². The third-order valence-corrected chi connectivity index (χ3v) is 3.84. The number of hydrogen-bond donors (Lipinski definition) is 0. The molecule has 0 bridgehead atoms. The number of benzene rings is 1. The highest BCUT2D eigenvalue weighted by Crippen LogP contribution is 2.24. The molecule has 0 unspecified atom stereocenters. The molecule has 0 atom stereocenters. The number of para-hydroxylation sites is 1. The third kappa shape index (κ3) is 2.74. The minimum Gasteiger partial charge on any atom is -0.488 e. The molecule has 1 aromatic heterocycles. The van der Waals surface area contributed by atoms with Crippen molar-refractivity contribution in [3.63, 3.8) is 0 Å². The quantitative estimate of drug-likeness (QED) is 0.781. The largest absolute Gasteiger partial charge is 0.488 e. The SMILES string of the molecule is Cc1nn(C)c(Cl)c1COc1ccccc1I. The van der Waals surface area contributed by atoms with E-state index in [9.17, 15) is 0 Å². The fraction of sp³-hybridized carbons (Fsp3) is 0.250. The molecule has 0 fully saturated rings. The predicted molar refractivity (Wildman–Crippen MR) is 76.4 cm³/mol. The molecule has 1 heterocycles. The Morgan fingerprint density at radius 2 is 2.12 bits per heavy atom. The fourth-order valence-electron chi connectivity index (χ4n) is 1.55. The molecule has 0 N–H and O–H groups in total. The van der Waals surface area contributed by atoms with Crippen molar-refractivity contribution in [2.75, 3.05) is 0 Å². The Morgan fingerprint density at radius 3 is 2.71 bits per heavy atom. The predicted octanol–water partition coefficient (Wildman–Crippen LogP) is 3.57. The smallest absolute Gasteiger partial charge is 0.133 e. The lowest BCUT2D eigenvalue weighted by molar-refractivity contribution is 0.303. The maximum atomic E-state index is 6.14. The van der Waals surface area contributed by atoms with Crippen LogP contribution >= 0.6 is 34.2 Å². The van der Waals surface area contributed by atoms with Gasteiger partial charge in [0.15, 0.2) is 0 Å². The van der Waals surface area contributed by atoms with Crippen molar-refractivity contribution in [3.8, 4) is 5.75 Å². The van der Waals surface area contributed by atoms with Crippen LogP contribution in [0, 0.1) is 10.5 Å². The van der Waals surface area contributed by atoms with Gasteiger partial charge in [0.05, 0.1) is 9.26 Å². The van der Waals surface area contributed by atoms with Gasteiger partial charge in [0.2, 0.25) is 0 Å². The highest BCUT2D eigenvalue weighted by atomic mass is 127. The summed E-state index contributed by atoms with van der Waals surface area (Å²) < 4.78 is 8.50. The van der Waals surface area contributed by atoms with E-state index in [0.29, 0.717) is 11.8 Å². The summed E-state index contributed by atoms with van der Waals surface area (Å²) in [5, 5.41) is 4.88. The van der Waals surface area contributed by atoms with Gasteiger partial charge in [-0.1, -0.05) is 23.7 Å². The maximum absolute atomic E-state index is 6.14. The Balaban J connectivity index is 2.15. The molecule has 0 aliphatic heterocycles. The van der Waals surface area contributed by atoms with Gasteiger partial charge in [-0.2, -0.15) is 5.10 Å². The molecule has 0 aliphatic rings. The van der Waals surface area contributed by atoms with Crippen LogP contribution < -0.4 is 4.74 Å². The summed E-state index contributed by atoms with van der Waals surface area (Å²) in [6.07, 6.45) is 0. The molecule has 90 valence electrons. The maximum Gasteiger partial charge on any atom is 0.133 e. The van der Waals surface area contributed by atoms with Gasteiger partial charge < -0.3 is 4.74 Å². The van der Waals surface area contributed by atoms with Crippen LogP contribution in [0.3, 0.4) is 0 Å². The zero-order chi connectivity index (χ0) is 12.4. The molecular weight excluding hydrogens is 351 g/mol. The van der Waals surface area contributed by atoms with Crippen molar-refractivity contribution >= 4 is 34.2 Å². The van der Waals surface area contributed by atoms with E-state index in [0.717, 1.165) is 20.6 Å². The number of rotatable bonds is 3. The van der Waals surface area contributed by atoms with E-state index >= 15 is 0 Å². The van der Waals surface area contributed by atoms with E-state index in [1.807, 2.05) is 38.2 Å². The number of ether oxygens (including phenoxy) is 1. The molecule has 2 rings (SSSR count). The Morgan fingerprint density at radius 1 is 1.41 bits per heavy atom. The van der Waals surface area contributed by atoms with E-state index in [1.54, 1.807) is 4.68 Å². The summed E-state index contributed by atoms with van der Waals surface area (Å²) >= 11 is 8.39. The van der Waals surface area contributed by atoms with Crippen LogP contribution in [0.15, 0.2) is 24.3 Å². The van der Waals surface area contributed by atoms with Crippen molar-refractivity contribution in [1.82, 2.24) is 9.78 Å². The monoisotopic (exact) mass is 362 g/mol. The highest BCUT2D eigenvalue weighted by molar-refractivity contribution is 14.1. The number of nitrogens with zero attached hydrogens (tertiary/aromatic N) is 2. The lowest BCUT2D eigenvalue weighted by Crippen LogP contribution is -1.98. The molecule has 0 aliphatic carbocycles. The molecule has 3 nitrogen and oxygen atoms in total. The van der Waals surface area contributed by atoms with Gasteiger partial charge in [0.1, 0.15) is 17.5 Å². The first-order chi connectivity index (χ1) is 8.09. The summed E-state index contributed by atoms with van der Waals surface area (Å²) in [4.78, 5) is 0. The van der Waals surface area contributed by atoms with Crippen LogP contribution in [0.5, 0.6) is 5.75 Å². The van der Waals surface area contributed by atoms with Gasteiger partial charge in [-0.3, -0.25) is 4.68 Å². The summed E-state index contributed by atoms with van der Waals surface area (Å²) in [6, 6.07) is 7.89. The van der Waals surface area contributed by atoms with Crippen molar-refractivity contribution < 1.29 is 4.74 Å². The van der Waals surface area contributed by atoms with E-state index in [-0.39, 0.29) is 0 Å². The van der Waals surface area contributed by atoms with Crippen LogP contribution in [0.25, 0.3) is 0 Å².